The first-order chi connectivity index (χ1) is 14.0. The topological polar surface area (TPSA) is 58.4 Å². The molecule has 0 fully saturated rings. The maximum absolute atomic E-state index is 13.1. The number of carbonyl (C=O) groups is 1. The minimum Gasteiger partial charge on any atom is -0.380 e. The number of hydrogen-bond acceptors (Lipinski definition) is 3. The molecule has 1 N–H and O–H groups in total. The quantitative estimate of drug-likeness (QED) is 0.618. The highest BCUT2D eigenvalue weighted by molar-refractivity contribution is 5.82. The zero-order chi connectivity index (χ0) is 21.0. The lowest BCUT2D eigenvalue weighted by atomic mass is 10.1. The van der Waals surface area contributed by atoms with Gasteiger partial charge >= 0.3 is 0 Å². The second-order valence-electron chi connectivity index (χ2n) is 7.68. The van der Waals surface area contributed by atoms with Crippen molar-refractivity contribution in [1.82, 2.24) is 14.5 Å². The van der Waals surface area contributed by atoms with Crippen molar-refractivity contribution in [3.63, 3.8) is 0 Å². The smallest absolute Gasteiger partial charge is 0.242 e. The molecule has 29 heavy (non-hydrogen) atoms. The lowest BCUT2D eigenvalue weighted by molar-refractivity contribution is -0.131. The van der Waals surface area contributed by atoms with Crippen molar-refractivity contribution in [2.24, 2.45) is 0 Å². The van der Waals surface area contributed by atoms with Crippen molar-refractivity contribution in [2.45, 2.75) is 53.2 Å². The summed E-state index contributed by atoms with van der Waals surface area (Å²) in [5.74, 6) is 0.574. The summed E-state index contributed by atoms with van der Waals surface area (Å²) < 4.78 is 1.89. The summed E-state index contributed by atoms with van der Waals surface area (Å²) in [7, 11) is 0. The third-order valence-electron chi connectivity index (χ3n) is 5.39. The van der Waals surface area contributed by atoms with Gasteiger partial charge in [-0.25, -0.2) is 4.98 Å². The number of hydrogen-bond donors (Lipinski definition) is 1. The van der Waals surface area contributed by atoms with E-state index in [2.05, 4.69) is 33.8 Å². The number of aromatic nitrogens is 2. The van der Waals surface area contributed by atoms with E-state index >= 15 is 0 Å². The van der Waals surface area contributed by atoms with Crippen molar-refractivity contribution in [3.8, 4) is 0 Å². The molecule has 0 saturated heterocycles. The number of rotatable bonds is 8. The highest BCUT2D eigenvalue weighted by atomic mass is 16.3. The van der Waals surface area contributed by atoms with E-state index in [4.69, 9.17) is 4.98 Å². The van der Waals surface area contributed by atoms with Gasteiger partial charge in [-0.3, -0.25) is 4.79 Å². The maximum atomic E-state index is 13.1. The summed E-state index contributed by atoms with van der Waals surface area (Å²) in [4.78, 5) is 19.7. The molecule has 0 spiro atoms. The first-order valence-electron chi connectivity index (χ1n) is 10.4. The van der Waals surface area contributed by atoms with Crippen LogP contribution in [-0.4, -0.2) is 38.6 Å². The van der Waals surface area contributed by atoms with Crippen LogP contribution in [0.25, 0.3) is 11.0 Å². The molecule has 0 aliphatic carbocycles. The van der Waals surface area contributed by atoms with Crippen LogP contribution < -0.4 is 0 Å². The van der Waals surface area contributed by atoms with Gasteiger partial charge in [0.15, 0.2) is 0 Å². The number of benzene rings is 2. The van der Waals surface area contributed by atoms with Crippen molar-refractivity contribution in [2.75, 3.05) is 13.1 Å². The Kier molecular flexibility index (Phi) is 6.70. The van der Waals surface area contributed by atoms with Gasteiger partial charge in [0, 0.05) is 13.1 Å². The molecule has 1 atom stereocenters. The normalized spacial score (nSPS) is 12.3. The number of aliphatic hydroxyl groups is 1. The molecular formula is C24H31N3O2. The minimum absolute atomic E-state index is 0.0627. The van der Waals surface area contributed by atoms with Crippen LogP contribution in [0, 0.1) is 13.8 Å². The van der Waals surface area contributed by atoms with Crippen LogP contribution in [0.4, 0.5) is 0 Å². The molecule has 5 heteroatoms. The van der Waals surface area contributed by atoms with Crippen LogP contribution in [0.3, 0.4) is 0 Å². The molecule has 0 saturated carbocycles. The molecule has 3 aromatic rings. The molecule has 1 unspecified atom stereocenters. The third kappa shape index (κ3) is 4.51. The molecule has 1 heterocycles. The lowest BCUT2D eigenvalue weighted by Crippen LogP contribution is -2.35. The molecule has 3 rings (SSSR count). The molecule has 2 aromatic carbocycles. The Morgan fingerprint density at radius 3 is 2.31 bits per heavy atom. The molecule has 0 radical (unpaired) electrons. The second-order valence-corrected chi connectivity index (χ2v) is 7.68. The van der Waals surface area contributed by atoms with Crippen molar-refractivity contribution in [1.29, 1.82) is 0 Å². The number of amides is 1. The van der Waals surface area contributed by atoms with Gasteiger partial charge in [0.25, 0.3) is 0 Å². The summed E-state index contributed by atoms with van der Waals surface area (Å²) >= 11 is 0. The van der Waals surface area contributed by atoms with Gasteiger partial charge in [-0.2, -0.15) is 0 Å². The molecule has 0 aliphatic rings. The Morgan fingerprint density at radius 2 is 1.69 bits per heavy atom. The zero-order valence-corrected chi connectivity index (χ0v) is 17.9. The average molecular weight is 394 g/mol. The Labute approximate surface area is 173 Å². The fourth-order valence-electron chi connectivity index (χ4n) is 3.69. The molecule has 0 aliphatic heterocycles. The van der Waals surface area contributed by atoms with Crippen LogP contribution >= 0.6 is 0 Å². The van der Waals surface area contributed by atoms with Crippen LogP contribution in [0.5, 0.6) is 0 Å². The van der Waals surface area contributed by atoms with Gasteiger partial charge in [0.1, 0.15) is 18.5 Å². The van der Waals surface area contributed by atoms with Crippen molar-refractivity contribution < 1.29 is 9.90 Å². The van der Waals surface area contributed by atoms with E-state index in [1.807, 2.05) is 45.9 Å². The van der Waals surface area contributed by atoms with Gasteiger partial charge in [-0.05, 0) is 55.5 Å². The molecule has 1 amide bonds. The van der Waals surface area contributed by atoms with Crippen LogP contribution in [0.2, 0.25) is 0 Å². The van der Waals surface area contributed by atoms with Crippen molar-refractivity contribution in [3.05, 3.63) is 65.0 Å². The van der Waals surface area contributed by atoms with Gasteiger partial charge in [0.2, 0.25) is 5.91 Å². The van der Waals surface area contributed by atoms with Gasteiger partial charge in [-0.1, -0.05) is 44.2 Å². The summed E-state index contributed by atoms with van der Waals surface area (Å²) in [6.45, 7) is 9.94. The predicted octanol–water partition coefficient (Wildman–Crippen LogP) is 4.38. The van der Waals surface area contributed by atoms with E-state index in [-0.39, 0.29) is 12.5 Å². The fourth-order valence-corrected chi connectivity index (χ4v) is 3.69. The number of aryl methyl sites for hydroxylation is 2. The van der Waals surface area contributed by atoms with E-state index in [9.17, 15) is 9.90 Å². The largest absolute Gasteiger partial charge is 0.380 e. The monoisotopic (exact) mass is 393 g/mol. The number of nitrogens with zero attached hydrogens (tertiary/aromatic N) is 3. The number of imidazole rings is 1. The lowest BCUT2D eigenvalue weighted by Gasteiger charge is -2.23. The molecule has 154 valence electrons. The molecule has 5 nitrogen and oxygen atoms in total. The van der Waals surface area contributed by atoms with E-state index in [0.717, 1.165) is 53.7 Å². The van der Waals surface area contributed by atoms with Crippen molar-refractivity contribution >= 4 is 16.9 Å². The number of carbonyl (C=O) groups excluding carboxylic acids is 1. The van der Waals surface area contributed by atoms with Crippen LogP contribution in [-0.2, 0) is 11.3 Å². The molecule has 0 bridgehead atoms. The SMILES string of the molecule is CCCN(CCC)C(=O)Cn1c(C(O)c2ccccc2)nc2cc(C)c(C)cc21. The first-order valence-corrected chi connectivity index (χ1v) is 10.4. The van der Waals surface area contributed by atoms with Gasteiger partial charge < -0.3 is 14.6 Å². The Morgan fingerprint density at radius 1 is 1.07 bits per heavy atom. The van der Waals surface area contributed by atoms with E-state index < -0.39 is 6.10 Å². The molecule has 1 aromatic heterocycles. The summed E-state index contributed by atoms with van der Waals surface area (Å²) in [5.41, 5.74) is 4.75. The van der Waals surface area contributed by atoms with E-state index in [1.54, 1.807) is 0 Å². The summed E-state index contributed by atoms with van der Waals surface area (Å²) in [6, 6.07) is 13.6. The first kappa shape index (κ1) is 21.1. The van der Waals surface area contributed by atoms with Gasteiger partial charge in [0.05, 0.1) is 11.0 Å². The average Bonchev–Trinajstić information content (AvgIpc) is 3.05. The minimum atomic E-state index is -0.886. The maximum Gasteiger partial charge on any atom is 0.242 e. The second kappa shape index (κ2) is 9.23. The fraction of sp³-hybridized carbons (Fsp3) is 0.417. The van der Waals surface area contributed by atoms with Crippen LogP contribution in [0.15, 0.2) is 42.5 Å². The third-order valence-corrected chi connectivity index (χ3v) is 5.39. The van der Waals surface area contributed by atoms with E-state index in [0.29, 0.717) is 5.82 Å². The Balaban J connectivity index is 2.07. The zero-order valence-electron chi connectivity index (χ0n) is 17.9. The number of fused-ring (bicyclic) bond motifs is 1. The summed E-state index contributed by atoms with van der Waals surface area (Å²) in [5, 5.41) is 11.1. The highest BCUT2D eigenvalue weighted by Crippen LogP contribution is 2.27. The summed E-state index contributed by atoms with van der Waals surface area (Å²) in [6.07, 6.45) is 0.963. The Bertz CT molecular complexity index is 973. The van der Waals surface area contributed by atoms with E-state index in [1.165, 1.54) is 0 Å². The van der Waals surface area contributed by atoms with Crippen LogP contribution in [0.1, 0.15) is 55.3 Å². The predicted molar refractivity (Wildman–Crippen MR) is 117 cm³/mol. The molecular weight excluding hydrogens is 362 g/mol. The highest BCUT2D eigenvalue weighted by Gasteiger charge is 2.23. The standard InChI is InChI=1S/C24H31N3O2/c1-5-12-26(13-6-2)22(28)16-27-21-15-18(4)17(3)14-20(21)25-24(27)23(29)19-10-8-7-9-11-19/h7-11,14-15,23,29H,5-6,12-13,16H2,1-4H3. The number of aliphatic hydroxyl groups excluding tert-OH is 1. The van der Waals surface area contributed by atoms with Gasteiger partial charge in [-0.15, -0.1) is 0 Å². The Hall–Kier alpha value is -2.66.